The van der Waals surface area contributed by atoms with E-state index in [1.807, 2.05) is 0 Å². The van der Waals surface area contributed by atoms with Crippen molar-refractivity contribution in [1.82, 2.24) is 9.97 Å². The van der Waals surface area contributed by atoms with Crippen LogP contribution < -0.4 is 21.9 Å². The van der Waals surface area contributed by atoms with Crippen LogP contribution in [0.2, 0.25) is 0 Å². The van der Waals surface area contributed by atoms with E-state index in [0.29, 0.717) is 5.82 Å². The molecule has 2 rings (SSSR count). The Morgan fingerprint density at radius 1 is 1.43 bits per heavy atom. The standard InChI is InChI=1S/C7H9N5O2/c1-2-5(13)10-3-4(9-2)11-7(8)12-6(3)14/h2H,1H3,(H,10,13)(H4,8,9,11,12,14). The number of nitrogen functional groups attached to an aromatic ring is 1. The quantitative estimate of drug-likeness (QED) is 0.428. The van der Waals surface area contributed by atoms with Crippen molar-refractivity contribution in [2.45, 2.75) is 13.0 Å². The van der Waals surface area contributed by atoms with Crippen molar-refractivity contribution in [1.29, 1.82) is 0 Å². The molecular formula is C7H9N5O2. The summed E-state index contributed by atoms with van der Waals surface area (Å²) in [6, 6.07) is -0.420. The number of nitrogens with zero attached hydrogens (tertiary/aromatic N) is 1. The monoisotopic (exact) mass is 195 g/mol. The maximum absolute atomic E-state index is 11.3. The van der Waals surface area contributed by atoms with E-state index in [1.54, 1.807) is 6.92 Å². The molecule has 0 saturated carbocycles. The summed E-state index contributed by atoms with van der Waals surface area (Å²) in [6.07, 6.45) is 0. The fraction of sp³-hybridized carbons (Fsp3) is 0.286. The highest BCUT2D eigenvalue weighted by Crippen LogP contribution is 2.19. The van der Waals surface area contributed by atoms with Crippen LogP contribution in [0.4, 0.5) is 17.5 Å². The lowest BCUT2D eigenvalue weighted by atomic mass is 10.2. The van der Waals surface area contributed by atoms with Gasteiger partial charge in [-0.25, -0.2) is 0 Å². The van der Waals surface area contributed by atoms with E-state index in [2.05, 4.69) is 20.6 Å². The summed E-state index contributed by atoms with van der Waals surface area (Å²) in [5.41, 5.74) is 5.00. The average Bonchev–Trinajstić information content (AvgIpc) is 2.08. The molecule has 2 heterocycles. The molecule has 0 bridgehead atoms. The molecule has 74 valence electrons. The Hall–Kier alpha value is -2.05. The molecule has 7 heteroatoms. The van der Waals surface area contributed by atoms with Crippen LogP contribution in [0.5, 0.6) is 0 Å². The number of carbonyl (C=O) groups excluding carboxylic acids is 1. The Morgan fingerprint density at radius 3 is 2.86 bits per heavy atom. The van der Waals surface area contributed by atoms with Crippen LogP contribution in [0.25, 0.3) is 0 Å². The van der Waals surface area contributed by atoms with Crippen molar-refractivity contribution in [3.63, 3.8) is 0 Å². The SMILES string of the molecule is CC1Nc2nc(N)[nH]c(=O)c2NC1=O. The molecule has 1 aliphatic heterocycles. The maximum Gasteiger partial charge on any atom is 0.278 e. The van der Waals surface area contributed by atoms with Crippen LogP contribution >= 0.6 is 0 Å². The molecule has 0 aromatic carbocycles. The van der Waals surface area contributed by atoms with Crippen molar-refractivity contribution in [2.24, 2.45) is 0 Å². The molecule has 1 aromatic heterocycles. The Labute approximate surface area is 78.7 Å². The van der Waals surface area contributed by atoms with Gasteiger partial charge in [-0.2, -0.15) is 4.98 Å². The minimum absolute atomic E-state index is 0.0181. The summed E-state index contributed by atoms with van der Waals surface area (Å²) in [5.74, 6) is 0.0533. The van der Waals surface area contributed by atoms with Gasteiger partial charge in [0.25, 0.3) is 5.56 Å². The fourth-order valence-electron chi connectivity index (χ4n) is 1.21. The number of hydrogen-bond acceptors (Lipinski definition) is 5. The van der Waals surface area contributed by atoms with Gasteiger partial charge in [-0.1, -0.05) is 0 Å². The van der Waals surface area contributed by atoms with Crippen LogP contribution in [-0.4, -0.2) is 21.9 Å². The molecule has 0 spiro atoms. The van der Waals surface area contributed by atoms with Crippen molar-refractivity contribution in [2.75, 3.05) is 16.4 Å². The van der Waals surface area contributed by atoms with Crippen LogP contribution in [0.1, 0.15) is 6.92 Å². The molecule has 1 aliphatic rings. The predicted molar refractivity (Wildman–Crippen MR) is 51.0 cm³/mol. The molecule has 5 N–H and O–H groups in total. The van der Waals surface area contributed by atoms with Gasteiger partial charge in [-0.05, 0) is 6.92 Å². The first-order valence-corrected chi connectivity index (χ1v) is 4.05. The number of carbonyl (C=O) groups is 1. The van der Waals surface area contributed by atoms with Crippen LogP contribution in [0.15, 0.2) is 4.79 Å². The lowest BCUT2D eigenvalue weighted by molar-refractivity contribution is -0.116. The third-order valence-electron chi connectivity index (χ3n) is 1.93. The number of rotatable bonds is 0. The number of amides is 1. The lowest BCUT2D eigenvalue weighted by Crippen LogP contribution is -2.39. The van der Waals surface area contributed by atoms with Gasteiger partial charge >= 0.3 is 0 Å². The second-order valence-electron chi connectivity index (χ2n) is 3.03. The largest absolute Gasteiger partial charge is 0.369 e. The first kappa shape index (κ1) is 8.54. The number of fused-ring (bicyclic) bond motifs is 1. The summed E-state index contributed by atoms with van der Waals surface area (Å²) < 4.78 is 0. The molecule has 14 heavy (non-hydrogen) atoms. The van der Waals surface area contributed by atoms with Gasteiger partial charge in [-0.3, -0.25) is 14.6 Å². The van der Waals surface area contributed by atoms with Gasteiger partial charge in [-0.15, -0.1) is 0 Å². The molecule has 0 fully saturated rings. The molecule has 1 unspecified atom stereocenters. The lowest BCUT2D eigenvalue weighted by Gasteiger charge is -2.22. The molecule has 7 nitrogen and oxygen atoms in total. The number of nitrogens with two attached hydrogens (primary N) is 1. The summed E-state index contributed by atoms with van der Waals surface area (Å²) in [7, 11) is 0. The first-order valence-electron chi connectivity index (χ1n) is 4.05. The minimum Gasteiger partial charge on any atom is -0.369 e. The third kappa shape index (κ3) is 1.18. The molecule has 0 aliphatic carbocycles. The Balaban J connectivity index is 2.57. The Kier molecular flexibility index (Phi) is 1.66. The molecule has 1 amide bonds. The second kappa shape index (κ2) is 2.72. The maximum atomic E-state index is 11.3. The average molecular weight is 195 g/mol. The fourth-order valence-corrected chi connectivity index (χ4v) is 1.21. The minimum atomic E-state index is -0.458. The summed E-state index contributed by atoms with van der Waals surface area (Å²) in [4.78, 5) is 28.7. The number of anilines is 3. The van der Waals surface area contributed by atoms with E-state index in [-0.39, 0.29) is 17.5 Å². The highest BCUT2D eigenvalue weighted by Gasteiger charge is 2.24. The van der Waals surface area contributed by atoms with Crippen molar-refractivity contribution in [3.05, 3.63) is 10.4 Å². The molecular weight excluding hydrogens is 186 g/mol. The van der Waals surface area contributed by atoms with E-state index in [4.69, 9.17) is 5.73 Å². The topological polar surface area (TPSA) is 113 Å². The summed E-state index contributed by atoms with van der Waals surface area (Å²) in [6.45, 7) is 1.66. The predicted octanol–water partition coefficient (Wildman–Crippen LogP) is -0.895. The highest BCUT2D eigenvalue weighted by molar-refractivity contribution is 6.01. The number of aromatic nitrogens is 2. The molecule has 1 aromatic rings. The summed E-state index contributed by atoms with van der Waals surface area (Å²) >= 11 is 0. The van der Waals surface area contributed by atoms with Gasteiger partial charge in [0.1, 0.15) is 6.04 Å². The van der Waals surface area contributed by atoms with Gasteiger partial charge in [0.15, 0.2) is 11.5 Å². The first-order chi connectivity index (χ1) is 6.58. The van der Waals surface area contributed by atoms with Gasteiger partial charge < -0.3 is 16.4 Å². The van der Waals surface area contributed by atoms with Crippen LogP contribution in [0, 0.1) is 0 Å². The number of H-pyrrole nitrogens is 1. The van der Waals surface area contributed by atoms with Crippen LogP contribution in [0.3, 0.4) is 0 Å². The van der Waals surface area contributed by atoms with Crippen molar-refractivity contribution < 1.29 is 4.79 Å². The zero-order chi connectivity index (χ0) is 10.3. The highest BCUT2D eigenvalue weighted by atomic mass is 16.2. The van der Waals surface area contributed by atoms with Gasteiger partial charge in [0, 0.05) is 0 Å². The van der Waals surface area contributed by atoms with Gasteiger partial charge in [0.05, 0.1) is 0 Å². The van der Waals surface area contributed by atoms with E-state index >= 15 is 0 Å². The van der Waals surface area contributed by atoms with E-state index in [0.717, 1.165) is 0 Å². The Bertz CT molecular complexity index is 452. The van der Waals surface area contributed by atoms with Gasteiger partial charge in [0.2, 0.25) is 11.9 Å². The zero-order valence-electron chi connectivity index (χ0n) is 7.42. The second-order valence-corrected chi connectivity index (χ2v) is 3.03. The summed E-state index contributed by atoms with van der Waals surface area (Å²) in [5, 5.41) is 5.21. The smallest absolute Gasteiger partial charge is 0.278 e. The van der Waals surface area contributed by atoms with Crippen LogP contribution in [-0.2, 0) is 4.79 Å². The van der Waals surface area contributed by atoms with Crippen molar-refractivity contribution >= 4 is 23.4 Å². The van der Waals surface area contributed by atoms with E-state index in [9.17, 15) is 9.59 Å². The molecule has 0 radical (unpaired) electrons. The Morgan fingerprint density at radius 2 is 2.14 bits per heavy atom. The number of aromatic amines is 1. The van der Waals surface area contributed by atoms with Crippen molar-refractivity contribution in [3.8, 4) is 0 Å². The third-order valence-corrected chi connectivity index (χ3v) is 1.93. The number of nitrogens with one attached hydrogen (secondary N) is 3. The van der Waals surface area contributed by atoms with E-state index in [1.165, 1.54) is 0 Å². The molecule has 0 saturated heterocycles. The normalized spacial score (nSPS) is 19.5. The molecule has 1 atom stereocenters. The van der Waals surface area contributed by atoms with E-state index < -0.39 is 11.6 Å². The number of hydrogen-bond donors (Lipinski definition) is 4. The zero-order valence-corrected chi connectivity index (χ0v) is 7.42.